The molecule has 1 aromatic carbocycles. The van der Waals surface area contributed by atoms with Gasteiger partial charge in [-0.2, -0.15) is 4.98 Å². The fraction of sp³-hybridized carbons (Fsp3) is 0.467. The van der Waals surface area contributed by atoms with Crippen LogP contribution in [0.5, 0.6) is 0 Å². The molecule has 0 aliphatic carbocycles. The summed E-state index contributed by atoms with van der Waals surface area (Å²) in [5.41, 5.74) is 7.74. The zero-order valence-electron chi connectivity index (χ0n) is 11.4. The number of nitrogens with zero attached hydrogens (tertiary/aromatic N) is 2. The molecule has 1 unspecified atom stereocenters. The number of rotatable bonds is 4. The molecule has 0 bridgehead atoms. The van der Waals surface area contributed by atoms with Crippen molar-refractivity contribution in [3.8, 4) is 0 Å². The minimum absolute atomic E-state index is 0.286. The van der Waals surface area contributed by atoms with Crippen LogP contribution >= 0.6 is 0 Å². The first-order chi connectivity index (χ1) is 9.81. The zero-order chi connectivity index (χ0) is 13.8. The van der Waals surface area contributed by atoms with E-state index in [0.29, 0.717) is 12.5 Å². The highest BCUT2D eigenvalue weighted by Crippen LogP contribution is 2.23. The Morgan fingerprint density at radius 3 is 3.05 bits per heavy atom. The van der Waals surface area contributed by atoms with Crippen molar-refractivity contribution in [3.05, 3.63) is 41.5 Å². The van der Waals surface area contributed by atoms with Gasteiger partial charge in [0.15, 0.2) is 5.82 Å². The lowest BCUT2D eigenvalue weighted by molar-refractivity contribution is 0.0773. The Bertz CT molecular complexity index is 562. The molecule has 1 fully saturated rings. The van der Waals surface area contributed by atoms with Gasteiger partial charge >= 0.3 is 0 Å². The van der Waals surface area contributed by atoms with Crippen molar-refractivity contribution < 1.29 is 9.26 Å². The molecule has 0 amide bonds. The quantitative estimate of drug-likeness (QED) is 0.865. The van der Waals surface area contributed by atoms with Crippen LogP contribution < -0.4 is 5.73 Å². The molecule has 2 N–H and O–H groups in total. The molecule has 1 aliphatic rings. The van der Waals surface area contributed by atoms with Gasteiger partial charge in [-0.1, -0.05) is 17.3 Å². The molecule has 1 atom stereocenters. The zero-order valence-corrected chi connectivity index (χ0v) is 11.4. The molecular weight excluding hydrogens is 254 g/mol. The molecule has 1 aliphatic heterocycles. The van der Waals surface area contributed by atoms with Crippen LogP contribution in [0.3, 0.4) is 0 Å². The fourth-order valence-electron chi connectivity index (χ4n) is 2.48. The Balaban J connectivity index is 1.59. The van der Waals surface area contributed by atoms with Crippen molar-refractivity contribution in [2.24, 2.45) is 0 Å². The maximum atomic E-state index is 5.76. The number of aryl methyl sites for hydroxylation is 2. The number of nitrogens with two attached hydrogens (primary N) is 1. The lowest BCUT2D eigenvalue weighted by Gasteiger charge is -2.18. The molecular formula is C15H19N3O2. The predicted molar refractivity (Wildman–Crippen MR) is 75.4 cm³/mol. The summed E-state index contributed by atoms with van der Waals surface area (Å²) >= 11 is 0. The Kier molecular flexibility index (Phi) is 3.97. The summed E-state index contributed by atoms with van der Waals surface area (Å²) in [5.74, 6) is 1.76. The topological polar surface area (TPSA) is 74.2 Å². The van der Waals surface area contributed by atoms with E-state index in [9.17, 15) is 0 Å². The van der Waals surface area contributed by atoms with E-state index in [4.69, 9.17) is 15.0 Å². The third-order valence-corrected chi connectivity index (χ3v) is 3.59. The van der Waals surface area contributed by atoms with E-state index in [2.05, 4.69) is 16.2 Å². The maximum Gasteiger partial charge on any atom is 0.226 e. The van der Waals surface area contributed by atoms with Gasteiger partial charge in [0.25, 0.3) is 0 Å². The van der Waals surface area contributed by atoms with Crippen molar-refractivity contribution in [1.82, 2.24) is 10.1 Å². The summed E-state index contributed by atoms with van der Waals surface area (Å²) in [6.07, 6.45) is 3.74. The molecule has 2 heterocycles. The van der Waals surface area contributed by atoms with Crippen LogP contribution in [0.4, 0.5) is 5.69 Å². The molecule has 0 radical (unpaired) electrons. The Morgan fingerprint density at radius 2 is 2.25 bits per heavy atom. The molecule has 1 aromatic heterocycles. The van der Waals surface area contributed by atoms with Gasteiger partial charge in [-0.25, -0.2) is 0 Å². The van der Waals surface area contributed by atoms with Crippen LogP contribution in [0.1, 0.15) is 36.0 Å². The van der Waals surface area contributed by atoms with Crippen LogP contribution in [0.2, 0.25) is 0 Å². The number of hydrogen-bond donors (Lipinski definition) is 1. The first-order valence-electron chi connectivity index (χ1n) is 7.06. The highest BCUT2D eigenvalue weighted by Gasteiger charge is 2.21. The normalized spacial score (nSPS) is 19.1. The van der Waals surface area contributed by atoms with Gasteiger partial charge < -0.3 is 15.0 Å². The smallest absolute Gasteiger partial charge is 0.226 e. The van der Waals surface area contributed by atoms with Gasteiger partial charge in [-0.05, 0) is 37.0 Å². The van der Waals surface area contributed by atoms with Gasteiger partial charge in [0.1, 0.15) is 0 Å². The number of benzene rings is 1. The predicted octanol–water partition coefficient (Wildman–Crippen LogP) is 2.33. The van der Waals surface area contributed by atoms with E-state index in [1.807, 2.05) is 18.2 Å². The molecule has 0 spiro atoms. The van der Waals surface area contributed by atoms with Gasteiger partial charge in [0.2, 0.25) is 5.89 Å². The summed E-state index contributed by atoms with van der Waals surface area (Å²) in [4.78, 5) is 4.48. The van der Waals surface area contributed by atoms with Gasteiger partial charge in [-0.15, -0.1) is 0 Å². The molecule has 5 nitrogen and oxygen atoms in total. The largest absolute Gasteiger partial charge is 0.399 e. The van der Waals surface area contributed by atoms with E-state index in [1.54, 1.807) is 0 Å². The Labute approximate surface area is 118 Å². The Hall–Kier alpha value is -1.88. The van der Waals surface area contributed by atoms with Gasteiger partial charge in [0.05, 0.1) is 6.61 Å². The lowest BCUT2D eigenvalue weighted by Crippen LogP contribution is -2.16. The molecule has 5 heteroatoms. The van der Waals surface area contributed by atoms with Crippen molar-refractivity contribution in [3.63, 3.8) is 0 Å². The second-order valence-electron chi connectivity index (χ2n) is 5.21. The molecule has 106 valence electrons. The average molecular weight is 273 g/mol. The van der Waals surface area contributed by atoms with Crippen molar-refractivity contribution >= 4 is 5.69 Å². The van der Waals surface area contributed by atoms with Crippen molar-refractivity contribution in [2.75, 3.05) is 18.9 Å². The molecule has 2 aromatic rings. The Morgan fingerprint density at radius 1 is 1.30 bits per heavy atom. The fourth-order valence-corrected chi connectivity index (χ4v) is 2.48. The highest BCUT2D eigenvalue weighted by molar-refractivity contribution is 5.40. The van der Waals surface area contributed by atoms with E-state index in [-0.39, 0.29) is 5.92 Å². The minimum atomic E-state index is 0.286. The average Bonchev–Trinajstić information content (AvgIpc) is 2.95. The maximum absolute atomic E-state index is 5.76. The van der Waals surface area contributed by atoms with Crippen molar-refractivity contribution in [1.29, 1.82) is 0 Å². The van der Waals surface area contributed by atoms with Crippen LogP contribution in [0.15, 0.2) is 28.8 Å². The molecule has 1 saturated heterocycles. The minimum Gasteiger partial charge on any atom is -0.399 e. The first kappa shape index (κ1) is 13.1. The second kappa shape index (κ2) is 6.05. The van der Waals surface area contributed by atoms with Crippen LogP contribution in [0, 0.1) is 0 Å². The third kappa shape index (κ3) is 3.17. The van der Waals surface area contributed by atoms with Gasteiger partial charge in [0, 0.05) is 24.6 Å². The van der Waals surface area contributed by atoms with E-state index < -0.39 is 0 Å². The summed E-state index contributed by atoms with van der Waals surface area (Å²) in [5, 5.41) is 4.08. The molecule has 20 heavy (non-hydrogen) atoms. The number of aromatic nitrogens is 2. The summed E-state index contributed by atoms with van der Waals surface area (Å²) in [6, 6.07) is 7.88. The van der Waals surface area contributed by atoms with E-state index in [0.717, 1.165) is 43.8 Å². The van der Waals surface area contributed by atoms with Crippen LogP contribution in [0.25, 0.3) is 0 Å². The number of hydrogen-bond acceptors (Lipinski definition) is 5. The van der Waals surface area contributed by atoms with Crippen molar-refractivity contribution in [2.45, 2.75) is 31.6 Å². The van der Waals surface area contributed by atoms with E-state index in [1.165, 1.54) is 5.56 Å². The number of anilines is 1. The molecule has 3 rings (SSSR count). The lowest BCUT2D eigenvalue weighted by atomic mass is 10.0. The number of ether oxygens (including phenoxy) is 1. The highest BCUT2D eigenvalue weighted by atomic mass is 16.5. The summed E-state index contributed by atoms with van der Waals surface area (Å²) in [7, 11) is 0. The SMILES string of the molecule is Nc1cccc(CCc2nc(C3CCCOC3)no2)c1. The third-order valence-electron chi connectivity index (χ3n) is 3.59. The second-order valence-corrected chi connectivity index (χ2v) is 5.21. The summed E-state index contributed by atoms with van der Waals surface area (Å²) in [6.45, 7) is 1.55. The molecule has 0 saturated carbocycles. The van der Waals surface area contributed by atoms with Gasteiger partial charge in [-0.3, -0.25) is 0 Å². The first-order valence-corrected chi connectivity index (χ1v) is 7.06. The van der Waals surface area contributed by atoms with Crippen LogP contribution in [-0.2, 0) is 17.6 Å². The monoisotopic (exact) mass is 273 g/mol. The van der Waals surface area contributed by atoms with E-state index >= 15 is 0 Å². The summed E-state index contributed by atoms with van der Waals surface area (Å²) < 4.78 is 10.8. The number of nitrogen functional groups attached to an aromatic ring is 1. The van der Waals surface area contributed by atoms with Crippen LogP contribution in [-0.4, -0.2) is 23.4 Å². The standard InChI is InChI=1S/C15H19N3O2/c16-13-5-1-3-11(9-13)6-7-14-17-15(18-20-14)12-4-2-8-19-10-12/h1,3,5,9,12H,2,4,6-8,10,16H2.